The van der Waals surface area contributed by atoms with Gasteiger partial charge in [-0.05, 0) is 38.8 Å². The van der Waals surface area contributed by atoms with E-state index in [9.17, 15) is 19.8 Å². The quantitative estimate of drug-likeness (QED) is 0.574. The predicted molar refractivity (Wildman–Crippen MR) is 107 cm³/mol. The lowest BCUT2D eigenvalue weighted by Crippen LogP contribution is -2.51. The second-order valence-electron chi connectivity index (χ2n) is 7.94. The van der Waals surface area contributed by atoms with Gasteiger partial charge in [-0.25, -0.2) is 0 Å². The number of hydrogen-bond acceptors (Lipinski definition) is 4. The number of benzene rings is 2. The van der Waals surface area contributed by atoms with E-state index in [0.29, 0.717) is 11.1 Å². The van der Waals surface area contributed by atoms with Crippen LogP contribution in [0, 0.1) is 0 Å². The molecular formula is C22H28N2O4. The van der Waals surface area contributed by atoms with Crippen LogP contribution in [0.2, 0.25) is 0 Å². The summed E-state index contributed by atoms with van der Waals surface area (Å²) in [5.74, 6) is -1.78. The Morgan fingerprint density at radius 1 is 0.679 bits per heavy atom. The van der Waals surface area contributed by atoms with E-state index in [1.165, 1.54) is 0 Å². The van der Waals surface area contributed by atoms with Gasteiger partial charge in [0.05, 0.1) is 23.3 Å². The molecule has 2 amide bonds. The normalized spacial score (nSPS) is 14.1. The van der Waals surface area contributed by atoms with Crippen LogP contribution < -0.4 is 10.6 Å². The maximum atomic E-state index is 12.6. The van der Waals surface area contributed by atoms with Gasteiger partial charge in [0.2, 0.25) is 0 Å². The third-order valence-electron chi connectivity index (χ3n) is 4.44. The van der Waals surface area contributed by atoms with Crippen molar-refractivity contribution in [3.05, 3.63) is 71.8 Å². The molecule has 2 rings (SSSR count). The molecule has 0 aliphatic rings. The van der Waals surface area contributed by atoms with Gasteiger partial charge in [0.25, 0.3) is 0 Å². The topological polar surface area (TPSA) is 98.7 Å². The van der Waals surface area contributed by atoms with E-state index >= 15 is 0 Å². The second kappa shape index (κ2) is 8.54. The van der Waals surface area contributed by atoms with E-state index in [0.717, 1.165) is 0 Å². The van der Waals surface area contributed by atoms with Gasteiger partial charge in [0.15, 0.2) is 0 Å². The largest absolute Gasteiger partial charge is 0.388 e. The Kier molecular flexibility index (Phi) is 6.59. The molecular weight excluding hydrogens is 356 g/mol. The van der Waals surface area contributed by atoms with Crippen molar-refractivity contribution in [3.8, 4) is 0 Å². The molecule has 0 aliphatic carbocycles. The molecule has 2 unspecified atom stereocenters. The molecule has 6 heteroatoms. The van der Waals surface area contributed by atoms with Crippen molar-refractivity contribution in [1.82, 2.24) is 10.6 Å². The molecule has 150 valence electrons. The molecule has 2 aromatic carbocycles. The fourth-order valence-electron chi connectivity index (χ4n) is 3.02. The molecule has 0 saturated heterocycles. The minimum absolute atomic E-state index is 0.679. The molecule has 2 aromatic rings. The Labute approximate surface area is 165 Å². The number of hydrogen-bond donors (Lipinski definition) is 4. The average Bonchev–Trinajstić information content (AvgIpc) is 2.63. The van der Waals surface area contributed by atoms with Crippen LogP contribution in [-0.2, 0) is 9.59 Å². The van der Waals surface area contributed by atoms with Gasteiger partial charge in [-0.3, -0.25) is 9.59 Å². The first-order valence-electron chi connectivity index (χ1n) is 9.16. The Balaban J connectivity index is 2.19. The highest BCUT2D eigenvalue weighted by molar-refractivity contribution is 6.35. The maximum absolute atomic E-state index is 12.6. The fraction of sp³-hybridized carbons (Fsp3) is 0.364. The minimum atomic E-state index is -1.29. The minimum Gasteiger partial charge on any atom is -0.388 e. The Morgan fingerprint density at radius 2 is 0.964 bits per heavy atom. The molecule has 0 aromatic heterocycles. The van der Waals surface area contributed by atoms with Crippen molar-refractivity contribution in [3.63, 3.8) is 0 Å². The first-order valence-corrected chi connectivity index (χ1v) is 9.16. The van der Waals surface area contributed by atoms with Crippen LogP contribution in [0.4, 0.5) is 0 Å². The first-order chi connectivity index (χ1) is 13.0. The van der Waals surface area contributed by atoms with Crippen molar-refractivity contribution in [1.29, 1.82) is 0 Å². The maximum Gasteiger partial charge on any atom is 0.309 e. The van der Waals surface area contributed by atoms with Crippen LogP contribution in [0.1, 0.15) is 50.9 Å². The van der Waals surface area contributed by atoms with Gasteiger partial charge in [-0.15, -0.1) is 0 Å². The number of rotatable bonds is 6. The third kappa shape index (κ3) is 5.65. The Morgan fingerprint density at radius 3 is 1.21 bits per heavy atom. The number of carbonyl (C=O) groups is 2. The summed E-state index contributed by atoms with van der Waals surface area (Å²) in [6.07, 6.45) is 0. The lowest BCUT2D eigenvalue weighted by Gasteiger charge is -2.32. The molecule has 4 N–H and O–H groups in total. The average molecular weight is 384 g/mol. The Bertz CT molecular complexity index is 723. The van der Waals surface area contributed by atoms with E-state index in [1.807, 2.05) is 12.1 Å². The number of nitrogens with one attached hydrogen (secondary N) is 2. The summed E-state index contributed by atoms with van der Waals surface area (Å²) in [6.45, 7) is 6.25. The third-order valence-corrected chi connectivity index (χ3v) is 4.44. The van der Waals surface area contributed by atoms with Crippen molar-refractivity contribution in [2.75, 3.05) is 0 Å². The molecule has 0 saturated carbocycles. The van der Waals surface area contributed by atoms with E-state index in [2.05, 4.69) is 10.6 Å². The van der Waals surface area contributed by atoms with Gasteiger partial charge in [-0.2, -0.15) is 0 Å². The summed E-state index contributed by atoms with van der Waals surface area (Å²) < 4.78 is 0. The summed E-state index contributed by atoms with van der Waals surface area (Å²) >= 11 is 0. The highest BCUT2D eigenvalue weighted by Crippen LogP contribution is 2.27. The monoisotopic (exact) mass is 384 g/mol. The van der Waals surface area contributed by atoms with E-state index in [4.69, 9.17) is 0 Å². The molecule has 2 atom stereocenters. The zero-order valence-electron chi connectivity index (χ0n) is 16.6. The highest BCUT2D eigenvalue weighted by atomic mass is 16.3. The summed E-state index contributed by atoms with van der Waals surface area (Å²) in [5.41, 5.74) is -1.21. The van der Waals surface area contributed by atoms with Crippen molar-refractivity contribution < 1.29 is 19.8 Å². The van der Waals surface area contributed by atoms with Crippen LogP contribution in [0.3, 0.4) is 0 Å². The van der Waals surface area contributed by atoms with Gasteiger partial charge >= 0.3 is 11.8 Å². The molecule has 6 nitrogen and oxygen atoms in total. The van der Waals surface area contributed by atoms with Crippen LogP contribution in [0.25, 0.3) is 0 Å². The zero-order valence-corrected chi connectivity index (χ0v) is 16.6. The number of amides is 2. The van der Waals surface area contributed by atoms with Gasteiger partial charge in [-0.1, -0.05) is 60.7 Å². The fourth-order valence-corrected chi connectivity index (χ4v) is 3.02. The molecule has 0 bridgehead atoms. The molecule has 0 radical (unpaired) electrons. The van der Waals surface area contributed by atoms with Crippen LogP contribution in [0.15, 0.2) is 60.7 Å². The highest BCUT2D eigenvalue weighted by Gasteiger charge is 2.34. The van der Waals surface area contributed by atoms with Crippen LogP contribution in [-0.4, -0.2) is 33.2 Å². The standard InChI is InChI=1S/C22H28N2O4/c1-21(2,27)17(15-11-7-5-8-12-15)23-19(25)20(26)24-18(22(3,4)28)16-13-9-6-10-14-16/h5-14,17-18,27-28H,1-4H3,(H,23,25)(H,24,26). The summed E-state index contributed by atoms with van der Waals surface area (Å²) in [5, 5.41) is 26.1. The molecule has 0 spiro atoms. The summed E-state index contributed by atoms with van der Waals surface area (Å²) in [7, 11) is 0. The molecule has 0 heterocycles. The molecule has 28 heavy (non-hydrogen) atoms. The predicted octanol–water partition coefficient (Wildman–Crippen LogP) is 2.24. The molecule has 0 fully saturated rings. The number of aliphatic hydroxyl groups is 2. The lowest BCUT2D eigenvalue weighted by molar-refractivity contribution is -0.142. The number of carbonyl (C=O) groups excluding carboxylic acids is 2. The molecule has 0 aliphatic heterocycles. The van der Waals surface area contributed by atoms with Crippen molar-refractivity contribution >= 4 is 11.8 Å². The Hall–Kier alpha value is -2.70. The van der Waals surface area contributed by atoms with E-state index < -0.39 is 35.1 Å². The van der Waals surface area contributed by atoms with E-state index in [1.54, 1.807) is 76.2 Å². The first kappa shape index (κ1) is 21.6. The SMILES string of the molecule is CC(C)(O)C(NC(=O)C(=O)NC(c1ccccc1)C(C)(C)O)c1ccccc1. The summed E-state index contributed by atoms with van der Waals surface area (Å²) in [6, 6.07) is 16.3. The van der Waals surface area contributed by atoms with Crippen molar-refractivity contribution in [2.45, 2.75) is 51.0 Å². The van der Waals surface area contributed by atoms with Gasteiger partial charge in [0.1, 0.15) is 0 Å². The summed E-state index contributed by atoms with van der Waals surface area (Å²) in [4.78, 5) is 25.1. The van der Waals surface area contributed by atoms with Crippen LogP contribution >= 0.6 is 0 Å². The van der Waals surface area contributed by atoms with Gasteiger partial charge in [0, 0.05) is 0 Å². The van der Waals surface area contributed by atoms with Crippen LogP contribution in [0.5, 0.6) is 0 Å². The zero-order chi connectivity index (χ0) is 20.9. The second-order valence-corrected chi connectivity index (χ2v) is 7.94. The smallest absolute Gasteiger partial charge is 0.309 e. The van der Waals surface area contributed by atoms with Gasteiger partial charge < -0.3 is 20.8 Å². The lowest BCUT2D eigenvalue weighted by atomic mass is 9.91. The van der Waals surface area contributed by atoms with Crippen molar-refractivity contribution in [2.24, 2.45) is 0 Å². The van der Waals surface area contributed by atoms with E-state index in [-0.39, 0.29) is 0 Å².